The maximum absolute atomic E-state index is 9.72. The van der Waals surface area contributed by atoms with Crippen molar-refractivity contribution >= 4 is 0 Å². The van der Waals surface area contributed by atoms with Gasteiger partial charge in [-0.2, -0.15) is 5.26 Å². The molecule has 0 spiro atoms. The Labute approximate surface area is 124 Å². The van der Waals surface area contributed by atoms with Crippen LogP contribution in [0, 0.1) is 17.2 Å². The molecule has 1 aromatic heterocycles. The number of hydrogen-bond acceptors (Lipinski definition) is 3. The maximum atomic E-state index is 9.72. The number of nitrogens with zero attached hydrogens (tertiary/aromatic N) is 3. The second-order valence-electron chi connectivity index (χ2n) is 5.53. The van der Waals surface area contributed by atoms with Crippen molar-refractivity contribution in [1.29, 1.82) is 5.26 Å². The summed E-state index contributed by atoms with van der Waals surface area (Å²) in [6.45, 7) is 5.07. The Morgan fingerprint density at radius 2 is 2.19 bits per heavy atom. The molecule has 1 aliphatic rings. The van der Waals surface area contributed by atoms with Gasteiger partial charge in [0.2, 0.25) is 0 Å². The summed E-state index contributed by atoms with van der Waals surface area (Å²) in [4.78, 5) is 9.46. The van der Waals surface area contributed by atoms with Crippen LogP contribution in [0.2, 0.25) is 0 Å². The summed E-state index contributed by atoms with van der Waals surface area (Å²) in [5, 5.41) is 9.72. The molecule has 4 nitrogen and oxygen atoms in total. The average molecular weight is 278 g/mol. The zero-order valence-electron chi connectivity index (χ0n) is 12.0. The molecule has 0 aliphatic carbocycles. The predicted octanol–water partition coefficient (Wildman–Crippen LogP) is 2.88. The lowest BCUT2D eigenvalue weighted by molar-refractivity contribution is 0.466. The fourth-order valence-electron chi connectivity index (χ4n) is 3.22. The Morgan fingerprint density at radius 1 is 1.43 bits per heavy atom. The van der Waals surface area contributed by atoms with Crippen LogP contribution in [0.3, 0.4) is 0 Å². The molecule has 1 fully saturated rings. The Bertz CT molecular complexity index is 654. The lowest BCUT2D eigenvalue weighted by Gasteiger charge is -2.23. The summed E-state index contributed by atoms with van der Waals surface area (Å²) in [5.74, 6) is 0.0923. The van der Waals surface area contributed by atoms with Crippen molar-refractivity contribution in [2.24, 2.45) is 5.92 Å². The van der Waals surface area contributed by atoms with E-state index in [1.807, 2.05) is 43.6 Å². The Kier molecular flexibility index (Phi) is 3.49. The first-order chi connectivity index (χ1) is 10.2. The molecule has 3 rings (SSSR count). The molecular weight excluding hydrogens is 260 g/mol. The van der Waals surface area contributed by atoms with Crippen LogP contribution >= 0.6 is 0 Å². The van der Waals surface area contributed by atoms with Crippen LogP contribution in [-0.2, 0) is 0 Å². The SMILES string of the molecule is C=C1C(C(C#N)c2ccccc2)C(c2cnc[nH]2)CN1C. The van der Waals surface area contributed by atoms with Crippen molar-refractivity contribution in [2.45, 2.75) is 11.8 Å². The molecule has 0 radical (unpaired) electrons. The maximum Gasteiger partial charge on any atom is 0.0921 e. The molecule has 3 unspecified atom stereocenters. The highest BCUT2D eigenvalue weighted by atomic mass is 15.1. The van der Waals surface area contributed by atoms with Gasteiger partial charge in [-0.25, -0.2) is 4.98 Å². The van der Waals surface area contributed by atoms with Crippen molar-refractivity contribution in [1.82, 2.24) is 14.9 Å². The second kappa shape index (κ2) is 5.45. The van der Waals surface area contributed by atoms with Crippen LogP contribution < -0.4 is 0 Å². The third kappa shape index (κ3) is 2.31. The number of allylic oxidation sites excluding steroid dienone is 1. The van der Waals surface area contributed by atoms with E-state index in [9.17, 15) is 5.26 Å². The monoisotopic (exact) mass is 278 g/mol. The number of nitriles is 1. The lowest BCUT2D eigenvalue weighted by atomic mass is 9.78. The first-order valence-corrected chi connectivity index (χ1v) is 7.05. The third-order valence-electron chi connectivity index (χ3n) is 4.35. The zero-order chi connectivity index (χ0) is 14.8. The Balaban J connectivity index is 2.00. The minimum absolute atomic E-state index is 0.0721. The molecular formula is C17H18N4. The smallest absolute Gasteiger partial charge is 0.0921 e. The van der Waals surface area contributed by atoms with Crippen LogP contribution in [0.5, 0.6) is 0 Å². The summed E-state index contributed by atoms with van der Waals surface area (Å²) in [7, 11) is 2.03. The molecule has 0 amide bonds. The number of H-pyrrole nitrogens is 1. The molecule has 0 bridgehead atoms. The highest BCUT2D eigenvalue weighted by molar-refractivity contribution is 5.33. The molecule has 0 saturated carbocycles. The number of likely N-dealkylation sites (N-methyl/N-ethyl adjacent to an activating group) is 1. The zero-order valence-corrected chi connectivity index (χ0v) is 12.0. The van der Waals surface area contributed by atoms with E-state index in [1.54, 1.807) is 6.33 Å². The van der Waals surface area contributed by atoms with Crippen molar-refractivity contribution in [2.75, 3.05) is 13.6 Å². The second-order valence-corrected chi connectivity index (χ2v) is 5.53. The normalized spacial score (nSPS) is 23.0. The first-order valence-electron chi connectivity index (χ1n) is 7.05. The number of aromatic nitrogens is 2. The largest absolute Gasteiger partial charge is 0.377 e. The topological polar surface area (TPSA) is 55.7 Å². The van der Waals surface area contributed by atoms with Gasteiger partial charge in [0.15, 0.2) is 0 Å². The van der Waals surface area contributed by atoms with Crippen molar-refractivity contribution in [3.05, 3.63) is 66.4 Å². The van der Waals surface area contributed by atoms with Gasteiger partial charge in [0, 0.05) is 43.0 Å². The molecule has 1 N–H and O–H groups in total. The minimum atomic E-state index is -0.197. The van der Waals surface area contributed by atoms with E-state index in [1.165, 1.54) is 0 Å². The molecule has 21 heavy (non-hydrogen) atoms. The van der Waals surface area contributed by atoms with Crippen LogP contribution in [0.15, 0.2) is 55.1 Å². The molecule has 3 atom stereocenters. The van der Waals surface area contributed by atoms with E-state index in [4.69, 9.17) is 0 Å². The van der Waals surface area contributed by atoms with Gasteiger partial charge in [0.25, 0.3) is 0 Å². The minimum Gasteiger partial charge on any atom is -0.377 e. The van der Waals surface area contributed by atoms with Gasteiger partial charge in [-0.05, 0) is 5.56 Å². The third-order valence-corrected chi connectivity index (χ3v) is 4.35. The van der Waals surface area contributed by atoms with E-state index in [0.29, 0.717) is 0 Å². The van der Waals surface area contributed by atoms with Gasteiger partial charge in [-0.1, -0.05) is 36.9 Å². The Hall–Kier alpha value is -2.54. The molecule has 1 aromatic carbocycles. The van der Waals surface area contributed by atoms with Crippen LogP contribution in [0.25, 0.3) is 0 Å². The lowest BCUT2D eigenvalue weighted by Crippen LogP contribution is -2.18. The van der Waals surface area contributed by atoms with Crippen LogP contribution in [0.4, 0.5) is 0 Å². The molecule has 106 valence electrons. The molecule has 1 saturated heterocycles. The standard InChI is InChI=1S/C17H18N4/c1-12-17(14(8-18)13-6-4-3-5-7-13)15(10-21(12)2)16-9-19-11-20-16/h3-7,9,11,14-15,17H,1,10H2,2H3,(H,19,20). The molecule has 2 heterocycles. The average Bonchev–Trinajstić information content (AvgIpc) is 3.13. The number of imidazole rings is 1. The van der Waals surface area contributed by atoms with Gasteiger partial charge in [-0.15, -0.1) is 0 Å². The van der Waals surface area contributed by atoms with E-state index in [-0.39, 0.29) is 17.8 Å². The fourth-order valence-corrected chi connectivity index (χ4v) is 3.22. The summed E-state index contributed by atoms with van der Waals surface area (Å²) in [6, 6.07) is 12.4. The van der Waals surface area contributed by atoms with Crippen LogP contribution in [0.1, 0.15) is 23.1 Å². The highest BCUT2D eigenvalue weighted by Gasteiger charge is 2.41. The van der Waals surface area contributed by atoms with E-state index in [2.05, 4.69) is 27.5 Å². The van der Waals surface area contributed by atoms with Crippen molar-refractivity contribution < 1.29 is 0 Å². The van der Waals surface area contributed by atoms with E-state index < -0.39 is 0 Å². The van der Waals surface area contributed by atoms with E-state index in [0.717, 1.165) is 23.5 Å². The predicted molar refractivity (Wildman–Crippen MR) is 81.4 cm³/mol. The number of nitrogens with one attached hydrogen (secondary N) is 1. The van der Waals surface area contributed by atoms with Gasteiger partial charge in [0.05, 0.1) is 18.3 Å². The summed E-state index contributed by atoms with van der Waals surface area (Å²) in [6.07, 6.45) is 3.54. The summed E-state index contributed by atoms with van der Waals surface area (Å²) in [5.41, 5.74) is 3.14. The van der Waals surface area contributed by atoms with E-state index >= 15 is 0 Å². The van der Waals surface area contributed by atoms with Crippen molar-refractivity contribution in [3.8, 4) is 6.07 Å². The fraction of sp³-hybridized carbons (Fsp3) is 0.294. The highest BCUT2D eigenvalue weighted by Crippen LogP contribution is 2.45. The van der Waals surface area contributed by atoms with Crippen molar-refractivity contribution in [3.63, 3.8) is 0 Å². The quantitative estimate of drug-likeness (QED) is 0.939. The number of aromatic amines is 1. The van der Waals surface area contributed by atoms with Gasteiger partial charge < -0.3 is 9.88 Å². The van der Waals surface area contributed by atoms with Crippen LogP contribution in [-0.4, -0.2) is 28.5 Å². The molecule has 2 aromatic rings. The molecule has 4 heteroatoms. The molecule has 1 aliphatic heterocycles. The van der Waals surface area contributed by atoms with Gasteiger partial charge >= 0.3 is 0 Å². The Morgan fingerprint density at radius 3 is 2.81 bits per heavy atom. The number of likely N-dealkylation sites (tertiary alicyclic amines) is 1. The number of benzene rings is 1. The summed E-state index contributed by atoms with van der Waals surface area (Å²) < 4.78 is 0. The summed E-state index contributed by atoms with van der Waals surface area (Å²) >= 11 is 0. The first kappa shape index (κ1) is 13.4. The number of rotatable bonds is 3. The van der Waals surface area contributed by atoms with Gasteiger partial charge in [-0.3, -0.25) is 0 Å². The number of hydrogen-bond donors (Lipinski definition) is 1. The van der Waals surface area contributed by atoms with Gasteiger partial charge in [0.1, 0.15) is 0 Å².